The van der Waals surface area contributed by atoms with Gasteiger partial charge in [0.2, 0.25) is 0 Å². The van der Waals surface area contributed by atoms with E-state index in [-0.39, 0.29) is 0 Å². The lowest BCUT2D eigenvalue weighted by molar-refractivity contribution is 0.623. The normalized spacial score (nSPS) is 16.9. The van der Waals surface area contributed by atoms with E-state index in [0.29, 0.717) is 10.0 Å². The van der Waals surface area contributed by atoms with E-state index in [4.69, 9.17) is 28.9 Å². The molecule has 0 radical (unpaired) electrons. The number of thioether (sulfide) groups is 1. The zero-order valence-electron chi connectivity index (χ0n) is 9.01. The molecule has 1 nitrogen and oxygen atoms in total. The molecular weight excluding hydrogens is 261 g/mol. The summed E-state index contributed by atoms with van der Waals surface area (Å²) in [6.07, 6.45) is 5.46. The van der Waals surface area contributed by atoms with Crippen molar-refractivity contribution in [2.24, 2.45) is 5.92 Å². The fourth-order valence-electron chi connectivity index (χ4n) is 2.05. The van der Waals surface area contributed by atoms with Gasteiger partial charge in [-0.3, -0.25) is 0 Å². The quantitative estimate of drug-likeness (QED) is 0.630. The molecule has 1 aliphatic rings. The van der Waals surface area contributed by atoms with E-state index in [9.17, 15) is 0 Å². The van der Waals surface area contributed by atoms with Crippen LogP contribution in [0.1, 0.15) is 25.7 Å². The Morgan fingerprint density at radius 2 is 1.81 bits per heavy atom. The van der Waals surface area contributed by atoms with E-state index in [0.717, 1.165) is 22.3 Å². The van der Waals surface area contributed by atoms with E-state index >= 15 is 0 Å². The Bertz CT molecular complexity index is 376. The lowest BCUT2D eigenvalue weighted by Crippen LogP contribution is -1.97. The minimum absolute atomic E-state index is 0.532. The topological polar surface area (TPSA) is 26.0 Å². The van der Waals surface area contributed by atoms with Crippen LogP contribution in [0.4, 0.5) is 5.69 Å². The summed E-state index contributed by atoms with van der Waals surface area (Å²) >= 11 is 13.7. The van der Waals surface area contributed by atoms with Crippen molar-refractivity contribution in [3.05, 3.63) is 22.2 Å². The second-order valence-electron chi connectivity index (χ2n) is 4.27. The predicted molar refractivity (Wildman–Crippen MR) is 73.6 cm³/mol. The number of halogens is 2. The van der Waals surface area contributed by atoms with Crippen LogP contribution in [-0.2, 0) is 0 Å². The first-order valence-corrected chi connectivity index (χ1v) is 7.28. The van der Waals surface area contributed by atoms with Crippen molar-refractivity contribution in [1.29, 1.82) is 0 Å². The maximum absolute atomic E-state index is 5.98. The van der Waals surface area contributed by atoms with Gasteiger partial charge in [0.15, 0.2) is 0 Å². The molecule has 1 fully saturated rings. The molecular formula is C12H15Cl2NS. The molecule has 0 aromatic heterocycles. The molecule has 0 aliphatic heterocycles. The van der Waals surface area contributed by atoms with Gasteiger partial charge in [0.05, 0.1) is 10.0 Å². The molecule has 2 rings (SSSR count). The first kappa shape index (κ1) is 12.4. The lowest BCUT2D eigenvalue weighted by atomic mass is 10.1. The highest BCUT2D eigenvalue weighted by Gasteiger charge is 2.16. The highest BCUT2D eigenvalue weighted by molar-refractivity contribution is 7.99. The lowest BCUT2D eigenvalue weighted by Gasteiger charge is -2.11. The zero-order chi connectivity index (χ0) is 11.5. The fourth-order valence-corrected chi connectivity index (χ4v) is 3.63. The molecule has 16 heavy (non-hydrogen) atoms. The maximum atomic E-state index is 5.98. The van der Waals surface area contributed by atoms with Crippen molar-refractivity contribution in [2.75, 3.05) is 11.5 Å². The SMILES string of the molecule is Nc1cc(Cl)c(Cl)cc1SCC1CCCC1. The summed E-state index contributed by atoms with van der Waals surface area (Å²) in [5, 5.41) is 1.12. The number of hydrogen-bond donors (Lipinski definition) is 1. The average molecular weight is 276 g/mol. The Balaban J connectivity index is 2.00. The van der Waals surface area contributed by atoms with Gasteiger partial charge in [-0.1, -0.05) is 36.0 Å². The summed E-state index contributed by atoms with van der Waals surface area (Å²) in [7, 11) is 0. The van der Waals surface area contributed by atoms with Crippen molar-refractivity contribution in [1.82, 2.24) is 0 Å². The highest BCUT2D eigenvalue weighted by atomic mass is 35.5. The third kappa shape index (κ3) is 2.99. The number of nitrogens with two attached hydrogens (primary N) is 1. The van der Waals surface area contributed by atoms with Crippen LogP contribution in [0.25, 0.3) is 0 Å². The number of nitrogen functional groups attached to an aromatic ring is 1. The molecule has 0 amide bonds. The maximum Gasteiger partial charge on any atom is 0.0613 e. The number of anilines is 1. The van der Waals surface area contributed by atoms with Gasteiger partial charge < -0.3 is 5.73 Å². The number of benzene rings is 1. The van der Waals surface area contributed by atoms with Crippen LogP contribution in [0, 0.1) is 5.92 Å². The zero-order valence-corrected chi connectivity index (χ0v) is 11.3. The molecule has 2 N–H and O–H groups in total. The van der Waals surface area contributed by atoms with Crippen LogP contribution in [0.2, 0.25) is 10.0 Å². The third-order valence-corrected chi connectivity index (χ3v) is 5.03. The Kier molecular flexibility index (Phi) is 4.28. The van der Waals surface area contributed by atoms with Gasteiger partial charge >= 0.3 is 0 Å². The Labute approximate surface area is 111 Å². The molecule has 0 heterocycles. The molecule has 0 bridgehead atoms. The van der Waals surface area contributed by atoms with E-state index in [1.807, 2.05) is 6.07 Å². The summed E-state index contributed by atoms with van der Waals surface area (Å²) < 4.78 is 0. The van der Waals surface area contributed by atoms with E-state index in [1.54, 1.807) is 17.8 Å². The van der Waals surface area contributed by atoms with Crippen LogP contribution in [0.5, 0.6) is 0 Å². The molecule has 0 saturated heterocycles. The predicted octanol–water partition coefficient (Wildman–Crippen LogP) is 4.86. The summed E-state index contributed by atoms with van der Waals surface area (Å²) in [6, 6.07) is 3.61. The smallest absolute Gasteiger partial charge is 0.0613 e. The number of rotatable bonds is 3. The van der Waals surface area contributed by atoms with Gasteiger partial charge in [-0.05, 0) is 30.9 Å². The molecule has 88 valence electrons. The monoisotopic (exact) mass is 275 g/mol. The Hall–Kier alpha value is -0.0500. The first-order chi connectivity index (χ1) is 7.66. The summed E-state index contributed by atoms with van der Waals surface area (Å²) in [6.45, 7) is 0. The molecule has 4 heteroatoms. The fraction of sp³-hybridized carbons (Fsp3) is 0.500. The largest absolute Gasteiger partial charge is 0.398 e. The minimum Gasteiger partial charge on any atom is -0.398 e. The molecule has 0 unspecified atom stereocenters. The van der Waals surface area contributed by atoms with Crippen LogP contribution in [-0.4, -0.2) is 5.75 Å². The average Bonchev–Trinajstić information content (AvgIpc) is 2.74. The summed E-state index contributed by atoms with van der Waals surface area (Å²) in [5.74, 6) is 1.99. The third-order valence-electron chi connectivity index (χ3n) is 3.00. The van der Waals surface area contributed by atoms with Crippen molar-refractivity contribution in [3.63, 3.8) is 0 Å². The molecule has 1 aromatic rings. The van der Waals surface area contributed by atoms with Crippen molar-refractivity contribution >= 4 is 40.7 Å². The van der Waals surface area contributed by atoms with Crippen molar-refractivity contribution < 1.29 is 0 Å². The van der Waals surface area contributed by atoms with Crippen LogP contribution in [0.3, 0.4) is 0 Å². The van der Waals surface area contributed by atoms with Gasteiger partial charge in [-0.2, -0.15) is 0 Å². The van der Waals surface area contributed by atoms with Gasteiger partial charge in [-0.15, -0.1) is 11.8 Å². The summed E-state index contributed by atoms with van der Waals surface area (Å²) in [5.41, 5.74) is 6.64. The molecule has 1 aromatic carbocycles. The summed E-state index contributed by atoms with van der Waals surface area (Å²) in [4.78, 5) is 1.06. The van der Waals surface area contributed by atoms with E-state index < -0.39 is 0 Å². The van der Waals surface area contributed by atoms with Crippen LogP contribution < -0.4 is 5.73 Å². The first-order valence-electron chi connectivity index (χ1n) is 5.54. The molecule has 1 aliphatic carbocycles. The van der Waals surface area contributed by atoms with Crippen molar-refractivity contribution in [3.8, 4) is 0 Å². The highest BCUT2D eigenvalue weighted by Crippen LogP contribution is 2.36. The van der Waals surface area contributed by atoms with Gasteiger partial charge in [-0.25, -0.2) is 0 Å². The van der Waals surface area contributed by atoms with Crippen LogP contribution in [0.15, 0.2) is 17.0 Å². The minimum atomic E-state index is 0.532. The van der Waals surface area contributed by atoms with Gasteiger partial charge in [0, 0.05) is 16.3 Å². The van der Waals surface area contributed by atoms with E-state index in [2.05, 4.69) is 0 Å². The molecule has 0 spiro atoms. The molecule has 1 saturated carbocycles. The Morgan fingerprint density at radius 1 is 1.19 bits per heavy atom. The number of hydrogen-bond acceptors (Lipinski definition) is 2. The van der Waals surface area contributed by atoms with Crippen LogP contribution >= 0.6 is 35.0 Å². The van der Waals surface area contributed by atoms with Gasteiger partial charge in [0.1, 0.15) is 0 Å². The second kappa shape index (κ2) is 5.52. The second-order valence-corrected chi connectivity index (χ2v) is 6.14. The van der Waals surface area contributed by atoms with Crippen molar-refractivity contribution in [2.45, 2.75) is 30.6 Å². The Morgan fingerprint density at radius 3 is 2.50 bits per heavy atom. The standard InChI is InChI=1S/C12H15Cl2NS/c13-9-5-11(15)12(6-10(9)14)16-7-8-3-1-2-4-8/h5-6,8H,1-4,7,15H2. The van der Waals surface area contributed by atoms with E-state index in [1.165, 1.54) is 25.7 Å². The molecule has 0 atom stereocenters. The van der Waals surface area contributed by atoms with Gasteiger partial charge in [0.25, 0.3) is 0 Å².